The number of likely N-dealkylation sites (N-methyl/N-ethyl adjacent to an activating group) is 1. The standard InChI is InChI=1S/C13H19NO3/c1-8-6-11(16-4)12(17-5)7-10(8)13(15)9(2)14-3/h6-7,9,14H,1-5H3. The van der Waals surface area contributed by atoms with Crippen LogP contribution in [0.5, 0.6) is 11.5 Å². The molecule has 0 saturated heterocycles. The molecule has 1 aromatic rings. The smallest absolute Gasteiger partial charge is 0.179 e. The number of hydrogen-bond donors (Lipinski definition) is 1. The number of nitrogens with one attached hydrogen (secondary N) is 1. The summed E-state index contributed by atoms with van der Waals surface area (Å²) in [6.45, 7) is 3.72. The molecule has 0 aliphatic heterocycles. The molecule has 1 unspecified atom stereocenters. The van der Waals surface area contributed by atoms with E-state index >= 15 is 0 Å². The van der Waals surface area contributed by atoms with Gasteiger partial charge < -0.3 is 14.8 Å². The number of methoxy groups -OCH3 is 2. The van der Waals surface area contributed by atoms with E-state index in [1.165, 1.54) is 0 Å². The van der Waals surface area contributed by atoms with Crippen LogP contribution < -0.4 is 14.8 Å². The van der Waals surface area contributed by atoms with Crippen LogP contribution in [0.25, 0.3) is 0 Å². The number of Topliss-reactive ketones (excluding diaryl/α,β-unsaturated/α-hetero) is 1. The molecule has 0 amide bonds. The largest absolute Gasteiger partial charge is 0.493 e. The average molecular weight is 237 g/mol. The lowest BCUT2D eigenvalue weighted by Crippen LogP contribution is -2.31. The highest BCUT2D eigenvalue weighted by atomic mass is 16.5. The zero-order valence-electron chi connectivity index (χ0n) is 11.0. The molecule has 0 fully saturated rings. The van der Waals surface area contributed by atoms with Gasteiger partial charge in [-0.25, -0.2) is 0 Å². The van der Waals surface area contributed by atoms with Crippen LogP contribution in [-0.4, -0.2) is 33.1 Å². The summed E-state index contributed by atoms with van der Waals surface area (Å²) in [5, 5.41) is 2.93. The van der Waals surface area contributed by atoms with Gasteiger partial charge in [0, 0.05) is 5.56 Å². The molecule has 1 aromatic carbocycles. The van der Waals surface area contributed by atoms with Crippen molar-refractivity contribution in [1.29, 1.82) is 0 Å². The molecule has 1 atom stereocenters. The zero-order valence-corrected chi connectivity index (χ0v) is 11.0. The summed E-state index contributed by atoms with van der Waals surface area (Å²) in [7, 11) is 4.90. The minimum absolute atomic E-state index is 0.0472. The van der Waals surface area contributed by atoms with Crippen molar-refractivity contribution in [1.82, 2.24) is 5.32 Å². The molecule has 0 heterocycles. The normalized spacial score (nSPS) is 12.1. The topological polar surface area (TPSA) is 47.6 Å². The fraction of sp³-hybridized carbons (Fsp3) is 0.462. The Labute approximate surface area is 102 Å². The Morgan fingerprint density at radius 2 is 1.76 bits per heavy atom. The predicted octanol–water partition coefficient (Wildman–Crippen LogP) is 1.80. The minimum atomic E-state index is -0.216. The van der Waals surface area contributed by atoms with Crippen LogP contribution in [0.1, 0.15) is 22.8 Å². The Balaban J connectivity index is 3.21. The van der Waals surface area contributed by atoms with E-state index in [2.05, 4.69) is 5.32 Å². The van der Waals surface area contributed by atoms with Gasteiger partial charge in [0.25, 0.3) is 0 Å². The number of carbonyl (C=O) groups excluding carboxylic acids is 1. The maximum atomic E-state index is 12.1. The van der Waals surface area contributed by atoms with Crippen molar-refractivity contribution in [3.8, 4) is 11.5 Å². The van der Waals surface area contributed by atoms with Crippen LogP contribution >= 0.6 is 0 Å². The quantitative estimate of drug-likeness (QED) is 0.793. The van der Waals surface area contributed by atoms with E-state index in [-0.39, 0.29) is 11.8 Å². The number of carbonyl (C=O) groups is 1. The summed E-state index contributed by atoms with van der Waals surface area (Å²) in [4.78, 5) is 12.1. The predicted molar refractivity (Wildman–Crippen MR) is 67.1 cm³/mol. The van der Waals surface area contributed by atoms with E-state index in [4.69, 9.17) is 9.47 Å². The molecule has 4 heteroatoms. The third-order valence-electron chi connectivity index (χ3n) is 2.82. The Morgan fingerprint density at radius 1 is 1.24 bits per heavy atom. The lowest BCUT2D eigenvalue weighted by Gasteiger charge is -2.14. The highest BCUT2D eigenvalue weighted by molar-refractivity contribution is 6.01. The van der Waals surface area contributed by atoms with Gasteiger partial charge >= 0.3 is 0 Å². The summed E-state index contributed by atoms with van der Waals surface area (Å²) in [6.07, 6.45) is 0. The molecule has 0 bridgehead atoms. The Morgan fingerprint density at radius 3 is 2.24 bits per heavy atom. The number of rotatable bonds is 5. The second kappa shape index (κ2) is 5.68. The molecule has 0 radical (unpaired) electrons. The molecule has 0 aliphatic carbocycles. The minimum Gasteiger partial charge on any atom is -0.493 e. The fourth-order valence-electron chi connectivity index (χ4n) is 1.61. The van der Waals surface area contributed by atoms with Crippen LogP contribution in [0.2, 0.25) is 0 Å². The summed E-state index contributed by atoms with van der Waals surface area (Å²) < 4.78 is 10.4. The van der Waals surface area contributed by atoms with Crippen LogP contribution in [0.4, 0.5) is 0 Å². The number of ether oxygens (including phenoxy) is 2. The molecule has 4 nitrogen and oxygen atoms in total. The van der Waals surface area contributed by atoms with Gasteiger partial charge in [0.2, 0.25) is 0 Å². The molecular formula is C13H19NO3. The van der Waals surface area contributed by atoms with Crippen molar-refractivity contribution in [2.45, 2.75) is 19.9 Å². The highest BCUT2D eigenvalue weighted by Crippen LogP contribution is 2.30. The lowest BCUT2D eigenvalue weighted by molar-refractivity contribution is 0.0954. The van der Waals surface area contributed by atoms with Gasteiger partial charge in [-0.3, -0.25) is 4.79 Å². The van der Waals surface area contributed by atoms with Gasteiger partial charge in [-0.2, -0.15) is 0 Å². The van der Waals surface area contributed by atoms with E-state index in [0.29, 0.717) is 17.1 Å². The Kier molecular flexibility index (Phi) is 4.52. The summed E-state index contributed by atoms with van der Waals surface area (Å²) in [5.41, 5.74) is 1.54. The summed E-state index contributed by atoms with van der Waals surface area (Å²) in [5.74, 6) is 1.26. The number of ketones is 1. The van der Waals surface area contributed by atoms with Crippen LogP contribution in [-0.2, 0) is 0 Å². The van der Waals surface area contributed by atoms with Gasteiger partial charge in [-0.1, -0.05) is 0 Å². The summed E-state index contributed by atoms with van der Waals surface area (Å²) in [6, 6.07) is 3.32. The van der Waals surface area contributed by atoms with Crippen molar-refractivity contribution in [3.05, 3.63) is 23.3 Å². The molecule has 17 heavy (non-hydrogen) atoms. The summed E-state index contributed by atoms with van der Waals surface area (Å²) >= 11 is 0. The Hall–Kier alpha value is -1.55. The van der Waals surface area contributed by atoms with Crippen molar-refractivity contribution in [3.63, 3.8) is 0 Å². The third kappa shape index (κ3) is 2.77. The van der Waals surface area contributed by atoms with E-state index in [0.717, 1.165) is 5.56 Å². The maximum Gasteiger partial charge on any atom is 0.179 e. The van der Waals surface area contributed by atoms with Gasteiger partial charge in [-0.15, -0.1) is 0 Å². The lowest BCUT2D eigenvalue weighted by atomic mass is 9.99. The molecule has 0 saturated carbocycles. The first kappa shape index (κ1) is 13.5. The SMILES string of the molecule is CNC(C)C(=O)c1cc(OC)c(OC)cc1C. The van der Waals surface area contributed by atoms with Crippen molar-refractivity contribution in [2.75, 3.05) is 21.3 Å². The fourth-order valence-corrected chi connectivity index (χ4v) is 1.61. The van der Waals surface area contributed by atoms with Crippen LogP contribution in [0, 0.1) is 6.92 Å². The molecule has 0 aliphatic rings. The van der Waals surface area contributed by atoms with E-state index in [1.54, 1.807) is 27.3 Å². The first-order valence-corrected chi connectivity index (χ1v) is 5.49. The van der Waals surface area contributed by atoms with Crippen molar-refractivity contribution in [2.24, 2.45) is 0 Å². The number of aryl methyl sites for hydroxylation is 1. The molecule has 1 N–H and O–H groups in total. The first-order valence-electron chi connectivity index (χ1n) is 5.49. The van der Waals surface area contributed by atoms with Crippen LogP contribution in [0.15, 0.2) is 12.1 Å². The van der Waals surface area contributed by atoms with E-state index in [1.807, 2.05) is 19.9 Å². The van der Waals surface area contributed by atoms with Crippen LogP contribution in [0.3, 0.4) is 0 Å². The van der Waals surface area contributed by atoms with Gasteiger partial charge in [0.05, 0.1) is 20.3 Å². The second-order valence-corrected chi connectivity index (χ2v) is 3.90. The Bertz CT molecular complexity index is 415. The van der Waals surface area contributed by atoms with Gasteiger partial charge in [0.15, 0.2) is 17.3 Å². The van der Waals surface area contributed by atoms with Gasteiger partial charge in [-0.05, 0) is 38.6 Å². The number of benzene rings is 1. The zero-order chi connectivity index (χ0) is 13.0. The highest BCUT2D eigenvalue weighted by Gasteiger charge is 2.18. The third-order valence-corrected chi connectivity index (χ3v) is 2.82. The van der Waals surface area contributed by atoms with Crippen molar-refractivity contribution < 1.29 is 14.3 Å². The number of hydrogen-bond acceptors (Lipinski definition) is 4. The molecule has 94 valence electrons. The van der Waals surface area contributed by atoms with Gasteiger partial charge in [0.1, 0.15) is 0 Å². The molecule has 0 aromatic heterocycles. The van der Waals surface area contributed by atoms with E-state index in [9.17, 15) is 4.79 Å². The maximum absolute atomic E-state index is 12.1. The monoisotopic (exact) mass is 237 g/mol. The second-order valence-electron chi connectivity index (χ2n) is 3.90. The molecule has 1 rings (SSSR count). The van der Waals surface area contributed by atoms with E-state index < -0.39 is 0 Å². The molecule has 0 spiro atoms. The van der Waals surface area contributed by atoms with Crippen molar-refractivity contribution >= 4 is 5.78 Å². The average Bonchev–Trinajstić information content (AvgIpc) is 2.36. The molecular weight excluding hydrogens is 218 g/mol. The first-order chi connectivity index (χ1) is 8.04.